The zero-order valence-corrected chi connectivity index (χ0v) is 17.4. The summed E-state index contributed by atoms with van der Waals surface area (Å²) in [5.74, 6) is -2.97. The van der Waals surface area contributed by atoms with Gasteiger partial charge < -0.3 is 15.2 Å². The van der Waals surface area contributed by atoms with E-state index in [9.17, 15) is 22.8 Å². The third-order valence-electron chi connectivity index (χ3n) is 3.72. The van der Waals surface area contributed by atoms with E-state index in [0.717, 1.165) is 25.2 Å². The molecule has 0 saturated carbocycles. The number of aryl methyl sites for hydroxylation is 1. The number of esters is 1. The van der Waals surface area contributed by atoms with Crippen molar-refractivity contribution in [3.8, 4) is 0 Å². The molecule has 1 unspecified atom stereocenters. The zero-order chi connectivity index (χ0) is 22.7. The molecular formula is C18H24F3N3O5S. The predicted octanol–water partition coefficient (Wildman–Crippen LogP) is 2.49. The van der Waals surface area contributed by atoms with Crippen molar-refractivity contribution in [1.29, 1.82) is 0 Å². The van der Waals surface area contributed by atoms with E-state index in [1.165, 1.54) is 17.3 Å². The maximum Gasteiger partial charge on any atom is 0.490 e. The zero-order valence-electron chi connectivity index (χ0n) is 16.6. The van der Waals surface area contributed by atoms with Gasteiger partial charge in [-0.3, -0.25) is 14.3 Å². The van der Waals surface area contributed by atoms with Gasteiger partial charge in [0.15, 0.2) is 5.12 Å². The fraction of sp³-hybridized carbons (Fsp3) is 0.556. The fourth-order valence-corrected chi connectivity index (χ4v) is 3.39. The van der Waals surface area contributed by atoms with Crippen LogP contribution in [-0.2, 0) is 25.7 Å². The van der Waals surface area contributed by atoms with Gasteiger partial charge in [0, 0.05) is 24.9 Å². The molecule has 2 heterocycles. The van der Waals surface area contributed by atoms with Crippen LogP contribution in [0.25, 0.3) is 6.08 Å². The second-order valence-corrected chi connectivity index (χ2v) is 7.52. The summed E-state index contributed by atoms with van der Waals surface area (Å²) in [6.45, 7) is 6.01. The summed E-state index contributed by atoms with van der Waals surface area (Å²) in [6, 6.07) is 1.92. The number of rotatable bonds is 6. The molecule has 1 saturated heterocycles. The van der Waals surface area contributed by atoms with Crippen molar-refractivity contribution in [1.82, 2.24) is 15.1 Å². The number of thioether (sulfide) groups is 1. The van der Waals surface area contributed by atoms with E-state index in [2.05, 4.69) is 10.4 Å². The molecule has 0 spiro atoms. The molecule has 12 heteroatoms. The highest BCUT2D eigenvalue weighted by molar-refractivity contribution is 8.14. The summed E-state index contributed by atoms with van der Waals surface area (Å²) in [6.07, 6.45) is 0.0676. The first-order chi connectivity index (χ1) is 14.0. The van der Waals surface area contributed by atoms with Crippen LogP contribution in [0.1, 0.15) is 32.4 Å². The first-order valence-corrected chi connectivity index (χ1v) is 9.98. The van der Waals surface area contributed by atoms with Crippen LogP contribution in [0, 0.1) is 0 Å². The number of aliphatic carboxylic acids is 1. The van der Waals surface area contributed by atoms with Crippen LogP contribution in [0.5, 0.6) is 0 Å². The van der Waals surface area contributed by atoms with E-state index in [4.69, 9.17) is 14.6 Å². The minimum atomic E-state index is -5.08. The molecule has 2 rings (SSSR count). The van der Waals surface area contributed by atoms with E-state index >= 15 is 0 Å². The quantitative estimate of drug-likeness (QED) is 0.635. The fourth-order valence-electron chi connectivity index (χ4n) is 2.45. The standard InChI is InChI=1S/C16H23N3O3S.C2HF3O2/c1-3-22-16(21)6-9-19-8-5-14(18-19)10-13-11-17-7-4-15(13)23-12(2)20;3-2(4,5)1(6)7/h5,8,10,15,17H,3-4,6-7,9,11H2,1-2H3;(H,6,7)/b13-10+;. The Hall–Kier alpha value is -2.34. The van der Waals surface area contributed by atoms with Gasteiger partial charge in [0.2, 0.25) is 0 Å². The summed E-state index contributed by atoms with van der Waals surface area (Å²) >= 11 is 1.39. The van der Waals surface area contributed by atoms with E-state index in [1.807, 2.05) is 18.3 Å². The molecule has 1 aliphatic heterocycles. The molecule has 0 aromatic carbocycles. The Morgan fingerprint density at radius 3 is 2.67 bits per heavy atom. The third kappa shape index (κ3) is 9.92. The number of aromatic nitrogens is 2. The van der Waals surface area contributed by atoms with Crippen molar-refractivity contribution in [2.45, 2.75) is 44.7 Å². The number of carbonyl (C=O) groups is 3. The Morgan fingerprint density at radius 2 is 2.10 bits per heavy atom. The molecule has 30 heavy (non-hydrogen) atoms. The van der Waals surface area contributed by atoms with Crippen molar-refractivity contribution in [2.24, 2.45) is 0 Å². The number of nitrogens with one attached hydrogen (secondary N) is 1. The Labute approximate surface area is 175 Å². The molecule has 8 nitrogen and oxygen atoms in total. The predicted molar refractivity (Wildman–Crippen MR) is 105 cm³/mol. The average molecular weight is 451 g/mol. The number of halogens is 3. The maximum atomic E-state index is 11.4. The first-order valence-electron chi connectivity index (χ1n) is 9.10. The molecule has 1 aromatic heterocycles. The molecule has 1 fully saturated rings. The number of carboxylic acid groups (broad SMARTS) is 1. The van der Waals surface area contributed by atoms with Gasteiger partial charge in [-0.15, -0.1) is 0 Å². The minimum absolute atomic E-state index is 0.141. The number of carbonyl (C=O) groups excluding carboxylic acids is 2. The van der Waals surface area contributed by atoms with E-state index < -0.39 is 12.1 Å². The summed E-state index contributed by atoms with van der Waals surface area (Å²) in [4.78, 5) is 31.6. The second kappa shape index (κ2) is 12.4. The summed E-state index contributed by atoms with van der Waals surface area (Å²) in [7, 11) is 0. The van der Waals surface area contributed by atoms with Crippen LogP contribution in [0.15, 0.2) is 17.8 Å². The van der Waals surface area contributed by atoms with E-state index in [-0.39, 0.29) is 16.3 Å². The van der Waals surface area contributed by atoms with Gasteiger partial charge in [-0.05, 0) is 37.6 Å². The van der Waals surface area contributed by atoms with E-state index in [0.29, 0.717) is 19.6 Å². The normalized spacial score (nSPS) is 17.8. The third-order valence-corrected chi connectivity index (χ3v) is 4.88. The summed E-state index contributed by atoms with van der Waals surface area (Å²) in [5, 5.41) is 15.3. The highest BCUT2D eigenvalue weighted by Crippen LogP contribution is 2.26. The Bertz CT molecular complexity index is 764. The number of hydrogen-bond acceptors (Lipinski definition) is 7. The smallest absolute Gasteiger partial charge is 0.475 e. The van der Waals surface area contributed by atoms with E-state index in [1.54, 1.807) is 18.5 Å². The Balaban J connectivity index is 0.000000553. The SMILES string of the molecule is CCOC(=O)CCn1ccc(/C=C2\CNCCC2SC(C)=O)n1.O=C(O)C(F)(F)F. The largest absolute Gasteiger partial charge is 0.490 e. The van der Waals surface area contributed by atoms with Gasteiger partial charge in [-0.2, -0.15) is 18.3 Å². The van der Waals surface area contributed by atoms with Crippen LogP contribution in [0.4, 0.5) is 13.2 Å². The molecule has 1 atom stereocenters. The number of carboxylic acids is 1. The average Bonchev–Trinajstić information content (AvgIpc) is 3.09. The molecule has 168 valence electrons. The molecule has 0 bridgehead atoms. The molecule has 2 N–H and O–H groups in total. The highest BCUT2D eigenvalue weighted by atomic mass is 32.2. The summed E-state index contributed by atoms with van der Waals surface area (Å²) in [5.41, 5.74) is 2.04. The van der Waals surface area contributed by atoms with Gasteiger partial charge in [-0.25, -0.2) is 4.79 Å². The van der Waals surface area contributed by atoms with Crippen LogP contribution >= 0.6 is 11.8 Å². The van der Waals surface area contributed by atoms with Crippen molar-refractivity contribution in [3.63, 3.8) is 0 Å². The molecule has 1 aromatic rings. The molecule has 0 amide bonds. The molecular weight excluding hydrogens is 427 g/mol. The van der Waals surface area contributed by atoms with Gasteiger partial charge in [-0.1, -0.05) is 11.8 Å². The number of alkyl halides is 3. The number of hydrogen-bond donors (Lipinski definition) is 2. The minimum Gasteiger partial charge on any atom is -0.475 e. The lowest BCUT2D eigenvalue weighted by Gasteiger charge is -2.24. The van der Waals surface area contributed by atoms with Crippen molar-refractivity contribution < 1.29 is 37.4 Å². The number of piperidine rings is 1. The van der Waals surface area contributed by atoms with Crippen molar-refractivity contribution in [2.75, 3.05) is 19.7 Å². The Kier molecular flexibility index (Phi) is 10.6. The Morgan fingerprint density at radius 1 is 1.43 bits per heavy atom. The van der Waals surface area contributed by atoms with Crippen LogP contribution in [-0.4, -0.2) is 63.1 Å². The molecule has 0 radical (unpaired) electrons. The van der Waals surface area contributed by atoms with Gasteiger partial charge in [0.1, 0.15) is 0 Å². The van der Waals surface area contributed by atoms with Gasteiger partial charge in [0.05, 0.1) is 25.3 Å². The first kappa shape index (κ1) is 25.7. The maximum absolute atomic E-state index is 11.4. The lowest BCUT2D eigenvalue weighted by Crippen LogP contribution is -2.32. The van der Waals surface area contributed by atoms with Gasteiger partial charge in [0.25, 0.3) is 0 Å². The lowest BCUT2D eigenvalue weighted by molar-refractivity contribution is -0.192. The second-order valence-electron chi connectivity index (χ2n) is 6.14. The monoisotopic (exact) mass is 451 g/mol. The molecule has 1 aliphatic rings. The van der Waals surface area contributed by atoms with Crippen LogP contribution in [0.3, 0.4) is 0 Å². The summed E-state index contributed by atoms with van der Waals surface area (Å²) < 4.78 is 38.4. The molecule has 0 aliphatic carbocycles. The number of ether oxygens (including phenoxy) is 1. The number of nitrogens with zero attached hydrogens (tertiary/aromatic N) is 2. The van der Waals surface area contributed by atoms with Crippen molar-refractivity contribution in [3.05, 3.63) is 23.5 Å². The topological polar surface area (TPSA) is 111 Å². The highest BCUT2D eigenvalue weighted by Gasteiger charge is 2.38. The van der Waals surface area contributed by atoms with Crippen LogP contribution in [0.2, 0.25) is 0 Å². The van der Waals surface area contributed by atoms with Crippen molar-refractivity contribution >= 4 is 34.9 Å². The lowest BCUT2D eigenvalue weighted by atomic mass is 10.0. The van der Waals surface area contributed by atoms with Crippen LogP contribution < -0.4 is 5.32 Å². The van der Waals surface area contributed by atoms with Gasteiger partial charge >= 0.3 is 18.1 Å².